The molecule has 0 bridgehead atoms. The van der Waals surface area contributed by atoms with E-state index in [0.717, 1.165) is 27.8 Å². The van der Waals surface area contributed by atoms with E-state index < -0.39 is 0 Å². The molecule has 15 heavy (non-hydrogen) atoms. The van der Waals surface area contributed by atoms with Crippen LogP contribution < -0.4 is 5.73 Å². The molecule has 0 fully saturated rings. The molecule has 1 unspecified atom stereocenters. The smallest absolute Gasteiger partial charge is 0.128 e. The van der Waals surface area contributed by atoms with Crippen LogP contribution >= 0.6 is 27.7 Å². The maximum atomic E-state index is 13.7. The molecule has 0 radical (unpaired) electrons. The van der Waals surface area contributed by atoms with Crippen LogP contribution in [0, 0.1) is 5.82 Å². The Labute approximate surface area is 102 Å². The number of hydrogen-bond acceptors (Lipinski definition) is 2. The number of benzene rings is 1. The van der Waals surface area contributed by atoms with Gasteiger partial charge in [0, 0.05) is 27.1 Å². The van der Waals surface area contributed by atoms with Gasteiger partial charge in [0.05, 0.1) is 0 Å². The summed E-state index contributed by atoms with van der Waals surface area (Å²) in [6.45, 7) is 2.14. The van der Waals surface area contributed by atoms with Gasteiger partial charge in [-0.05, 0) is 24.1 Å². The maximum Gasteiger partial charge on any atom is 0.128 e. The van der Waals surface area contributed by atoms with Crippen LogP contribution in [0.15, 0.2) is 16.6 Å². The normalized spacial score (nSPS) is 25.9. The lowest BCUT2D eigenvalue weighted by Crippen LogP contribution is -2.14. The predicted octanol–water partition coefficient (Wildman–Crippen LogP) is 3.61. The Morgan fingerprint density at radius 3 is 3.00 bits per heavy atom. The van der Waals surface area contributed by atoms with Crippen LogP contribution in [0.4, 0.5) is 4.39 Å². The van der Waals surface area contributed by atoms with Crippen LogP contribution in [0.25, 0.3) is 0 Å². The minimum atomic E-state index is -0.142. The molecule has 2 rings (SSSR count). The molecule has 2 atom stereocenters. The second-order valence-electron chi connectivity index (χ2n) is 3.92. The van der Waals surface area contributed by atoms with Gasteiger partial charge in [-0.3, -0.25) is 0 Å². The van der Waals surface area contributed by atoms with Gasteiger partial charge >= 0.3 is 0 Å². The molecule has 0 saturated carbocycles. The van der Waals surface area contributed by atoms with E-state index in [1.807, 2.05) is 6.07 Å². The van der Waals surface area contributed by atoms with Gasteiger partial charge in [0.1, 0.15) is 5.82 Å². The van der Waals surface area contributed by atoms with Crippen LogP contribution in [0.1, 0.15) is 30.5 Å². The third-order valence-corrected chi connectivity index (χ3v) is 4.37. The summed E-state index contributed by atoms with van der Waals surface area (Å²) in [6, 6.07) is 3.42. The summed E-state index contributed by atoms with van der Waals surface area (Å²) >= 11 is 5.08. The summed E-state index contributed by atoms with van der Waals surface area (Å²) in [7, 11) is 0. The monoisotopic (exact) mass is 289 g/mol. The zero-order valence-electron chi connectivity index (χ0n) is 8.47. The molecular formula is C11H13BrFNS. The highest BCUT2D eigenvalue weighted by atomic mass is 79.9. The summed E-state index contributed by atoms with van der Waals surface area (Å²) in [6.07, 6.45) is 0.910. The quantitative estimate of drug-likeness (QED) is 0.790. The summed E-state index contributed by atoms with van der Waals surface area (Å²) in [5.41, 5.74) is 7.81. The molecule has 2 N–H and O–H groups in total. The van der Waals surface area contributed by atoms with Gasteiger partial charge in [-0.2, -0.15) is 11.8 Å². The molecule has 4 heteroatoms. The second-order valence-corrected chi connectivity index (χ2v) is 6.26. The molecule has 0 amide bonds. The minimum Gasteiger partial charge on any atom is -0.324 e. The Bertz CT molecular complexity index is 383. The van der Waals surface area contributed by atoms with Crippen LogP contribution in [-0.2, 0) is 5.75 Å². The van der Waals surface area contributed by atoms with Gasteiger partial charge in [-0.15, -0.1) is 0 Å². The molecule has 0 saturated heterocycles. The van der Waals surface area contributed by atoms with E-state index in [0.29, 0.717) is 5.25 Å². The van der Waals surface area contributed by atoms with Crippen LogP contribution in [0.2, 0.25) is 0 Å². The zero-order valence-corrected chi connectivity index (χ0v) is 10.9. The third kappa shape index (κ3) is 2.37. The Kier molecular flexibility index (Phi) is 3.38. The first-order valence-electron chi connectivity index (χ1n) is 4.93. The largest absolute Gasteiger partial charge is 0.324 e. The first-order valence-corrected chi connectivity index (χ1v) is 6.77. The Hall–Kier alpha value is -0.0600. The fourth-order valence-corrected chi connectivity index (χ4v) is 3.43. The van der Waals surface area contributed by atoms with Crippen molar-refractivity contribution in [2.45, 2.75) is 30.4 Å². The molecule has 0 aliphatic carbocycles. The highest BCUT2D eigenvalue weighted by molar-refractivity contribution is 9.10. The van der Waals surface area contributed by atoms with E-state index in [-0.39, 0.29) is 11.9 Å². The average molecular weight is 290 g/mol. The van der Waals surface area contributed by atoms with Crippen molar-refractivity contribution in [1.29, 1.82) is 0 Å². The third-order valence-electron chi connectivity index (χ3n) is 2.69. The Morgan fingerprint density at radius 2 is 2.27 bits per heavy atom. The SMILES string of the molecule is CC1C[C@@H](N)c2cc(Br)cc(F)c2CS1. The molecule has 82 valence electrons. The highest BCUT2D eigenvalue weighted by Crippen LogP contribution is 2.36. The van der Waals surface area contributed by atoms with Gasteiger partial charge in [-0.1, -0.05) is 22.9 Å². The summed E-state index contributed by atoms with van der Waals surface area (Å²) < 4.78 is 14.5. The topological polar surface area (TPSA) is 26.0 Å². The predicted molar refractivity (Wildman–Crippen MR) is 66.4 cm³/mol. The van der Waals surface area contributed by atoms with Crippen molar-refractivity contribution in [1.82, 2.24) is 0 Å². The number of fused-ring (bicyclic) bond motifs is 1. The van der Waals surface area contributed by atoms with Gasteiger partial charge in [0.15, 0.2) is 0 Å². The lowest BCUT2D eigenvalue weighted by atomic mass is 9.98. The second kappa shape index (κ2) is 4.44. The standard InChI is InChI=1S/C11H13BrFNS/c1-6-2-11(14)8-3-7(12)4-10(13)9(8)5-15-6/h3-4,6,11H,2,5,14H2,1H3/t6?,11-/m1/s1. The van der Waals surface area contributed by atoms with E-state index in [1.165, 1.54) is 6.07 Å². The van der Waals surface area contributed by atoms with E-state index in [4.69, 9.17) is 5.73 Å². The average Bonchev–Trinajstić information content (AvgIpc) is 2.27. The number of nitrogens with two attached hydrogens (primary N) is 1. The van der Waals surface area contributed by atoms with Crippen molar-refractivity contribution in [2.24, 2.45) is 5.73 Å². The van der Waals surface area contributed by atoms with Crippen LogP contribution in [0.3, 0.4) is 0 Å². The van der Waals surface area contributed by atoms with E-state index >= 15 is 0 Å². The van der Waals surface area contributed by atoms with E-state index in [1.54, 1.807) is 11.8 Å². The molecular weight excluding hydrogens is 277 g/mol. The minimum absolute atomic E-state index is 0.0444. The number of rotatable bonds is 0. The molecule has 1 aliphatic rings. The van der Waals surface area contributed by atoms with Crippen molar-refractivity contribution in [3.8, 4) is 0 Å². The molecule has 1 aromatic rings. The van der Waals surface area contributed by atoms with Crippen LogP contribution in [0.5, 0.6) is 0 Å². The zero-order chi connectivity index (χ0) is 11.0. The van der Waals surface area contributed by atoms with Crippen molar-refractivity contribution in [3.63, 3.8) is 0 Å². The molecule has 1 heterocycles. The van der Waals surface area contributed by atoms with Crippen molar-refractivity contribution in [3.05, 3.63) is 33.5 Å². The maximum absolute atomic E-state index is 13.7. The number of thioether (sulfide) groups is 1. The van der Waals surface area contributed by atoms with Crippen molar-refractivity contribution in [2.75, 3.05) is 0 Å². The van der Waals surface area contributed by atoms with Gasteiger partial charge in [0.25, 0.3) is 0 Å². The highest BCUT2D eigenvalue weighted by Gasteiger charge is 2.22. The Balaban J connectivity index is 2.48. The first-order chi connectivity index (χ1) is 7.08. The first kappa shape index (κ1) is 11.4. The lowest BCUT2D eigenvalue weighted by Gasteiger charge is -2.14. The summed E-state index contributed by atoms with van der Waals surface area (Å²) in [5, 5.41) is 0.491. The summed E-state index contributed by atoms with van der Waals surface area (Å²) in [4.78, 5) is 0. The molecule has 0 aromatic heterocycles. The van der Waals surface area contributed by atoms with Gasteiger partial charge in [0.2, 0.25) is 0 Å². The fourth-order valence-electron chi connectivity index (χ4n) is 1.88. The number of halogens is 2. The van der Waals surface area contributed by atoms with E-state index in [9.17, 15) is 4.39 Å². The van der Waals surface area contributed by atoms with Gasteiger partial charge < -0.3 is 5.73 Å². The number of hydrogen-bond donors (Lipinski definition) is 1. The molecule has 1 aromatic carbocycles. The fraction of sp³-hybridized carbons (Fsp3) is 0.455. The Morgan fingerprint density at radius 1 is 1.53 bits per heavy atom. The van der Waals surface area contributed by atoms with Crippen molar-refractivity contribution >= 4 is 27.7 Å². The molecule has 1 aliphatic heterocycles. The van der Waals surface area contributed by atoms with Gasteiger partial charge in [-0.25, -0.2) is 4.39 Å². The van der Waals surface area contributed by atoms with E-state index in [2.05, 4.69) is 22.9 Å². The van der Waals surface area contributed by atoms with Crippen LogP contribution in [-0.4, -0.2) is 5.25 Å². The lowest BCUT2D eigenvalue weighted by molar-refractivity contribution is 0.600. The molecule has 1 nitrogen and oxygen atoms in total. The van der Waals surface area contributed by atoms with Crippen molar-refractivity contribution < 1.29 is 4.39 Å². The molecule has 0 spiro atoms. The summed E-state index contributed by atoms with van der Waals surface area (Å²) in [5.74, 6) is 0.583.